The van der Waals surface area contributed by atoms with Gasteiger partial charge in [-0.3, -0.25) is 14.5 Å². The van der Waals surface area contributed by atoms with Crippen molar-refractivity contribution in [1.29, 1.82) is 0 Å². The van der Waals surface area contributed by atoms with Crippen molar-refractivity contribution < 1.29 is 24.2 Å². The number of carbonyl (C=O) groups is 2. The molecule has 34 heavy (non-hydrogen) atoms. The van der Waals surface area contributed by atoms with Crippen molar-refractivity contribution in [2.45, 2.75) is 19.4 Å². The van der Waals surface area contributed by atoms with E-state index in [9.17, 15) is 14.7 Å². The fourth-order valence-corrected chi connectivity index (χ4v) is 4.55. The minimum atomic E-state index is -0.684. The molecule has 0 bridgehead atoms. The maximum atomic E-state index is 13.1. The molecule has 0 aliphatic carbocycles. The van der Waals surface area contributed by atoms with E-state index in [0.29, 0.717) is 49.1 Å². The number of rotatable bonds is 8. The minimum Gasteiger partial charge on any atom is -0.507 e. The first kappa shape index (κ1) is 24.3. The van der Waals surface area contributed by atoms with E-state index in [4.69, 9.17) is 21.1 Å². The number of hydrogen-bond acceptors (Lipinski definition) is 6. The number of amides is 1. The second-order valence-electron chi connectivity index (χ2n) is 8.31. The van der Waals surface area contributed by atoms with Crippen LogP contribution in [-0.4, -0.2) is 72.6 Å². The molecule has 180 valence electrons. The predicted molar refractivity (Wildman–Crippen MR) is 130 cm³/mol. The van der Waals surface area contributed by atoms with Gasteiger partial charge < -0.3 is 19.5 Å². The van der Waals surface area contributed by atoms with Crippen LogP contribution in [0.25, 0.3) is 5.76 Å². The highest BCUT2D eigenvalue weighted by molar-refractivity contribution is 6.46. The van der Waals surface area contributed by atoms with Crippen LogP contribution >= 0.6 is 11.6 Å². The van der Waals surface area contributed by atoms with Gasteiger partial charge in [-0.05, 0) is 55.3 Å². The Hall–Kier alpha value is -2.87. The van der Waals surface area contributed by atoms with Gasteiger partial charge in [0.1, 0.15) is 11.5 Å². The standard InChI is InChI=1S/C26H29ClN2O5/c1-2-34-21-10-6-18(7-11-21)23-22(24(30)19-4-8-20(27)9-5-19)25(31)26(32)29(23)13-3-12-28-14-16-33-17-15-28/h4-11,23,30H,2-3,12-17H2,1H3/t23-/m1/s1. The van der Waals surface area contributed by atoms with Crippen molar-refractivity contribution in [1.82, 2.24) is 9.80 Å². The van der Waals surface area contributed by atoms with Gasteiger partial charge in [0.2, 0.25) is 0 Å². The van der Waals surface area contributed by atoms with Crippen LogP contribution in [0.2, 0.25) is 5.02 Å². The Kier molecular flexibility index (Phi) is 7.88. The number of hydrogen-bond donors (Lipinski definition) is 1. The summed E-state index contributed by atoms with van der Waals surface area (Å²) < 4.78 is 10.9. The highest BCUT2D eigenvalue weighted by atomic mass is 35.5. The zero-order valence-electron chi connectivity index (χ0n) is 19.2. The van der Waals surface area contributed by atoms with Crippen molar-refractivity contribution in [2.75, 3.05) is 46.0 Å². The maximum Gasteiger partial charge on any atom is 0.295 e. The van der Waals surface area contributed by atoms with Crippen LogP contribution in [0.15, 0.2) is 54.1 Å². The van der Waals surface area contributed by atoms with Gasteiger partial charge in [-0.25, -0.2) is 0 Å². The molecule has 2 aliphatic rings. The molecule has 8 heteroatoms. The largest absolute Gasteiger partial charge is 0.507 e. The molecule has 2 aromatic carbocycles. The highest BCUT2D eigenvalue weighted by Crippen LogP contribution is 2.40. The number of carbonyl (C=O) groups excluding carboxylic acids is 2. The summed E-state index contributed by atoms with van der Waals surface area (Å²) in [6.07, 6.45) is 0.710. The van der Waals surface area contributed by atoms with Gasteiger partial charge in [0, 0.05) is 36.8 Å². The molecule has 1 atom stereocenters. The molecule has 2 aromatic rings. The maximum absolute atomic E-state index is 13.1. The molecule has 7 nitrogen and oxygen atoms in total. The molecule has 0 saturated carbocycles. The van der Waals surface area contributed by atoms with Crippen molar-refractivity contribution in [2.24, 2.45) is 0 Å². The summed E-state index contributed by atoms with van der Waals surface area (Å²) in [5.74, 6) is -0.785. The van der Waals surface area contributed by atoms with Gasteiger partial charge in [-0.1, -0.05) is 23.7 Å². The quantitative estimate of drug-likeness (QED) is 0.348. The summed E-state index contributed by atoms with van der Waals surface area (Å²) in [5.41, 5.74) is 1.26. The Morgan fingerprint density at radius 2 is 1.74 bits per heavy atom. The zero-order chi connectivity index (χ0) is 24.1. The molecule has 1 amide bonds. The van der Waals surface area contributed by atoms with Gasteiger partial charge in [-0.15, -0.1) is 0 Å². The van der Waals surface area contributed by atoms with E-state index in [0.717, 1.165) is 25.2 Å². The van der Waals surface area contributed by atoms with Crippen LogP contribution in [0.1, 0.15) is 30.5 Å². The number of benzene rings is 2. The van der Waals surface area contributed by atoms with E-state index in [2.05, 4.69) is 4.90 Å². The van der Waals surface area contributed by atoms with Crippen molar-refractivity contribution in [3.63, 3.8) is 0 Å². The lowest BCUT2D eigenvalue weighted by molar-refractivity contribution is -0.140. The number of ketones is 1. The Balaban J connectivity index is 1.66. The van der Waals surface area contributed by atoms with E-state index in [1.165, 1.54) is 0 Å². The Bertz CT molecular complexity index is 1050. The van der Waals surface area contributed by atoms with E-state index >= 15 is 0 Å². The fraction of sp³-hybridized carbons (Fsp3) is 0.385. The third kappa shape index (κ3) is 5.27. The Morgan fingerprint density at radius 3 is 2.38 bits per heavy atom. The van der Waals surface area contributed by atoms with Gasteiger partial charge in [0.25, 0.3) is 11.7 Å². The van der Waals surface area contributed by atoms with Gasteiger partial charge in [0.15, 0.2) is 0 Å². The van der Waals surface area contributed by atoms with Crippen molar-refractivity contribution in [3.8, 4) is 5.75 Å². The van der Waals surface area contributed by atoms with Crippen LogP contribution in [0.4, 0.5) is 0 Å². The van der Waals surface area contributed by atoms with Crippen LogP contribution in [0.3, 0.4) is 0 Å². The Morgan fingerprint density at radius 1 is 1.06 bits per heavy atom. The van der Waals surface area contributed by atoms with Gasteiger partial charge in [-0.2, -0.15) is 0 Å². The van der Waals surface area contributed by atoms with Crippen molar-refractivity contribution >= 4 is 29.1 Å². The first-order valence-corrected chi connectivity index (χ1v) is 11.9. The number of nitrogens with zero attached hydrogens (tertiary/aromatic N) is 2. The molecule has 2 saturated heterocycles. The van der Waals surface area contributed by atoms with Gasteiger partial charge in [0.05, 0.1) is 31.4 Å². The molecule has 0 spiro atoms. The van der Waals surface area contributed by atoms with Crippen LogP contribution in [0.5, 0.6) is 5.75 Å². The lowest BCUT2D eigenvalue weighted by atomic mass is 9.95. The van der Waals surface area contributed by atoms with Gasteiger partial charge >= 0.3 is 0 Å². The first-order chi connectivity index (χ1) is 16.5. The molecule has 4 rings (SSSR count). The fourth-order valence-electron chi connectivity index (χ4n) is 4.42. The monoisotopic (exact) mass is 484 g/mol. The van der Waals surface area contributed by atoms with E-state index in [1.807, 2.05) is 31.2 Å². The first-order valence-electron chi connectivity index (χ1n) is 11.6. The second kappa shape index (κ2) is 11.0. The Labute approximate surface area is 204 Å². The highest BCUT2D eigenvalue weighted by Gasteiger charge is 2.45. The number of aliphatic hydroxyl groups excluding tert-OH is 1. The van der Waals surface area contributed by atoms with Crippen molar-refractivity contribution in [3.05, 3.63) is 70.3 Å². The number of halogens is 1. The zero-order valence-corrected chi connectivity index (χ0v) is 20.0. The lowest BCUT2D eigenvalue weighted by Gasteiger charge is -2.29. The third-order valence-electron chi connectivity index (χ3n) is 6.14. The summed E-state index contributed by atoms with van der Waals surface area (Å²) in [6, 6.07) is 13.2. The summed E-state index contributed by atoms with van der Waals surface area (Å²) >= 11 is 5.99. The number of likely N-dealkylation sites (tertiary alicyclic amines) is 1. The summed E-state index contributed by atoms with van der Waals surface area (Å²) in [4.78, 5) is 30.1. The number of aliphatic hydroxyl groups is 1. The molecular weight excluding hydrogens is 456 g/mol. The average molecular weight is 485 g/mol. The molecule has 2 aliphatic heterocycles. The molecule has 2 heterocycles. The average Bonchev–Trinajstić information content (AvgIpc) is 3.10. The van der Waals surface area contributed by atoms with Crippen LogP contribution < -0.4 is 4.74 Å². The SMILES string of the molecule is CCOc1ccc([C@@H]2C(=C(O)c3ccc(Cl)cc3)C(=O)C(=O)N2CCCN2CCOCC2)cc1. The molecule has 2 fully saturated rings. The second-order valence-corrected chi connectivity index (χ2v) is 8.75. The number of ether oxygens (including phenoxy) is 2. The molecule has 0 radical (unpaired) electrons. The summed E-state index contributed by atoms with van der Waals surface area (Å²) in [7, 11) is 0. The summed E-state index contributed by atoms with van der Waals surface area (Å²) in [5, 5.41) is 11.6. The summed E-state index contributed by atoms with van der Waals surface area (Å²) in [6.45, 7) is 6.78. The van der Waals surface area contributed by atoms with Crippen LogP contribution in [0, 0.1) is 0 Å². The molecule has 1 N–H and O–H groups in total. The molecular formula is C26H29ClN2O5. The topological polar surface area (TPSA) is 79.3 Å². The van der Waals surface area contributed by atoms with E-state index in [1.54, 1.807) is 29.2 Å². The van der Waals surface area contributed by atoms with E-state index in [-0.39, 0.29) is 11.3 Å². The molecule has 0 unspecified atom stereocenters. The number of Topliss-reactive ketones (excluding diaryl/α,β-unsaturated/α-hetero) is 1. The third-order valence-corrected chi connectivity index (χ3v) is 6.39. The normalized spacial score (nSPS) is 20.6. The predicted octanol–water partition coefficient (Wildman–Crippen LogP) is 3.88. The van der Waals surface area contributed by atoms with E-state index < -0.39 is 17.7 Å². The smallest absolute Gasteiger partial charge is 0.295 e. The lowest BCUT2D eigenvalue weighted by Crippen LogP contribution is -2.38. The minimum absolute atomic E-state index is 0.0860. The van der Waals surface area contributed by atoms with Crippen LogP contribution in [-0.2, 0) is 14.3 Å². The number of morpholine rings is 1. The molecule has 0 aromatic heterocycles.